The lowest BCUT2D eigenvalue weighted by atomic mass is 10.0. The van der Waals surface area contributed by atoms with Crippen molar-refractivity contribution in [2.45, 2.75) is 13.0 Å². The lowest BCUT2D eigenvalue weighted by Gasteiger charge is -2.16. The zero-order valence-corrected chi connectivity index (χ0v) is 17.5. The molecule has 0 fully saturated rings. The molecule has 0 unspecified atom stereocenters. The molecule has 3 nitrogen and oxygen atoms in total. The molecule has 0 aliphatic carbocycles. The van der Waals surface area contributed by atoms with Crippen LogP contribution in [-0.4, -0.2) is 7.11 Å². The highest BCUT2D eigenvalue weighted by Gasteiger charge is 2.13. The fourth-order valence-electron chi connectivity index (χ4n) is 3.09. The Kier molecular flexibility index (Phi) is 7.32. The fourth-order valence-corrected chi connectivity index (χ4v) is 3.22. The van der Waals surface area contributed by atoms with Gasteiger partial charge in [-0.1, -0.05) is 60.1 Å². The van der Waals surface area contributed by atoms with Gasteiger partial charge in [0.15, 0.2) is 11.5 Å². The largest absolute Gasteiger partial charge is 0.493 e. The molecule has 0 aliphatic heterocycles. The van der Waals surface area contributed by atoms with Gasteiger partial charge in [-0.15, -0.1) is 6.58 Å². The summed E-state index contributed by atoms with van der Waals surface area (Å²) in [6.07, 6.45) is 4.29. The number of allylic oxidation sites excluding steroid dienone is 2. The summed E-state index contributed by atoms with van der Waals surface area (Å²) in [4.78, 5) is 0. The number of hydrogen-bond acceptors (Lipinski definition) is 3. The van der Waals surface area contributed by atoms with Gasteiger partial charge < -0.3 is 9.47 Å². The van der Waals surface area contributed by atoms with Crippen molar-refractivity contribution in [3.63, 3.8) is 0 Å². The molecule has 4 heteroatoms. The van der Waals surface area contributed by atoms with Crippen molar-refractivity contribution in [3.05, 3.63) is 107 Å². The highest BCUT2D eigenvalue weighted by molar-refractivity contribution is 6.30. The zero-order chi connectivity index (χ0) is 21.3. The summed E-state index contributed by atoms with van der Waals surface area (Å²) in [7, 11) is 1.61. The summed E-state index contributed by atoms with van der Waals surface area (Å²) in [5.41, 5.74) is 4.26. The second-order valence-electron chi connectivity index (χ2n) is 6.66. The summed E-state index contributed by atoms with van der Waals surface area (Å²) in [6, 6.07) is 23.3. The monoisotopic (exact) mass is 415 g/mol. The Bertz CT molecular complexity index is 1080. The first-order chi connectivity index (χ1) is 14.6. The Morgan fingerprint density at radius 1 is 1.10 bits per heavy atom. The molecule has 0 aliphatic rings. The van der Waals surface area contributed by atoms with Gasteiger partial charge in [0.05, 0.1) is 18.8 Å². The van der Waals surface area contributed by atoms with E-state index in [9.17, 15) is 5.26 Å². The van der Waals surface area contributed by atoms with E-state index in [0.29, 0.717) is 35.1 Å². The molecule has 3 rings (SSSR count). The van der Waals surface area contributed by atoms with Crippen LogP contribution in [-0.2, 0) is 13.0 Å². The van der Waals surface area contributed by atoms with Crippen LogP contribution in [0.3, 0.4) is 0 Å². The van der Waals surface area contributed by atoms with Gasteiger partial charge in [-0.25, -0.2) is 0 Å². The lowest BCUT2D eigenvalue weighted by molar-refractivity contribution is 0.282. The SMILES string of the molecule is C=CCc1cc(/C=C(\C#N)c2ccccc2)cc(OC)c1OCc1ccc(Cl)cc1. The van der Waals surface area contributed by atoms with Gasteiger partial charge in [0.2, 0.25) is 0 Å². The zero-order valence-electron chi connectivity index (χ0n) is 16.8. The average Bonchev–Trinajstić information content (AvgIpc) is 2.78. The number of rotatable bonds is 8. The van der Waals surface area contributed by atoms with Crippen molar-refractivity contribution >= 4 is 23.3 Å². The number of halogens is 1. The Balaban J connectivity index is 1.96. The lowest BCUT2D eigenvalue weighted by Crippen LogP contribution is -2.02. The maximum Gasteiger partial charge on any atom is 0.165 e. The first-order valence-corrected chi connectivity index (χ1v) is 9.88. The number of benzene rings is 3. The third-order valence-electron chi connectivity index (χ3n) is 4.55. The third kappa shape index (κ3) is 5.31. The molecule has 30 heavy (non-hydrogen) atoms. The van der Waals surface area contributed by atoms with Crippen LogP contribution in [0, 0.1) is 11.3 Å². The Morgan fingerprint density at radius 2 is 1.83 bits per heavy atom. The van der Waals surface area contributed by atoms with Crippen LogP contribution in [0.25, 0.3) is 11.6 Å². The van der Waals surface area contributed by atoms with Crippen LogP contribution in [0.1, 0.15) is 22.3 Å². The topological polar surface area (TPSA) is 42.2 Å². The molecule has 3 aromatic rings. The quantitative estimate of drug-likeness (QED) is 0.233. The van der Waals surface area contributed by atoms with Crippen molar-refractivity contribution in [1.82, 2.24) is 0 Å². The minimum Gasteiger partial charge on any atom is -0.493 e. The normalized spacial score (nSPS) is 10.9. The van der Waals surface area contributed by atoms with E-state index in [0.717, 1.165) is 22.3 Å². The number of nitriles is 1. The van der Waals surface area contributed by atoms with Crippen molar-refractivity contribution in [2.24, 2.45) is 0 Å². The van der Waals surface area contributed by atoms with Crippen molar-refractivity contribution in [3.8, 4) is 17.6 Å². The highest BCUT2D eigenvalue weighted by Crippen LogP contribution is 2.35. The molecular formula is C26H22ClNO2. The molecule has 0 spiro atoms. The summed E-state index contributed by atoms with van der Waals surface area (Å²) in [5.74, 6) is 1.28. The van der Waals surface area contributed by atoms with Gasteiger partial charge in [-0.2, -0.15) is 5.26 Å². The first-order valence-electron chi connectivity index (χ1n) is 9.51. The van der Waals surface area contributed by atoms with E-state index in [2.05, 4.69) is 12.6 Å². The molecule has 0 N–H and O–H groups in total. The molecule has 0 saturated heterocycles. The van der Waals surface area contributed by atoms with E-state index in [1.807, 2.05) is 78.9 Å². The van der Waals surface area contributed by atoms with Crippen LogP contribution < -0.4 is 9.47 Å². The van der Waals surface area contributed by atoms with Gasteiger partial charge >= 0.3 is 0 Å². The minimum atomic E-state index is 0.389. The van der Waals surface area contributed by atoms with Gasteiger partial charge in [0.25, 0.3) is 0 Å². The first kappa shape index (κ1) is 21.2. The number of hydrogen-bond donors (Lipinski definition) is 0. The van der Waals surface area contributed by atoms with Crippen LogP contribution in [0.2, 0.25) is 5.02 Å². The van der Waals surface area contributed by atoms with Crippen LogP contribution in [0.5, 0.6) is 11.5 Å². The number of methoxy groups -OCH3 is 1. The summed E-state index contributed by atoms with van der Waals surface area (Å²) < 4.78 is 11.7. The highest BCUT2D eigenvalue weighted by atomic mass is 35.5. The second kappa shape index (κ2) is 10.3. The third-order valence-corrected chi connectivity index (χ3v) is 4.80. The molecule has 0 bridgehead atoms. The molecule has 150 valence electrons. The molecule has 0 saturated carbocycles. The maximum atomic E-state index is 9.62. The fraction of sp³-hybridized carbons (Fsp3) is 0.115. The molecule has 3 aromatic carbocycles. The van der Waals surface area contributed by atoms with Crippen LogP contribution >= 0.6 is 11.6 Å². The van der Waals surface area contributed by atoms with Crippen molar-refractivity contribution < 1.29 is 9.47 Å². The van der Waals surface area contributed by atoms with E-state index in [1.54, 1.807) is 7.11 Å². The Hall–Kier alpha value is -3.48. The number of nitrogens with zero attached hydrogens (tertiary/aromatic N) is 1. The molecule has 0 amide bonds. The van der Waals surface area contributed by atoms with Gasteiger partial charge in [-0.3, -0.25) is 0 Å². The van der Waals surface area contributed by atoms with Crippen molar-refractivity contribution in [1.29, 1.82) is 5.26 Å². The van der Waals surface area contributed by atoms with Gasteiger partial charge in [0, 0.05) is 10.6 Å². The van der Waals surface area contributed by atoms with Gasteiger partial charge in [-0.05, 0) is 53.5 Å². The van der Waals surface area contributed by atoms with E-state index in [1.165, 1.54) is 0 Å². The van der Waals surface area contributed by atoms with Crippen LogP contribution in [0.15, 0.2) is 79.4 Å². The van der Waals surface area contributed by atoms with E-state index in [4.69, 9.17) is 21.1 Å². The molecule has 0 aromatic heterocycles. The Morgan fingerprint density at radius 3 is 2.47 bits per heavy atom. The standard InChI is InChI=1S/C26H22ClNO2/c1-3-7-22-14-20(15-23(17-28)21-8-5-4-6-9-21)16-25(29-2)26(22)30-18-19-10-12-24(27)13-11-19/h3-6,8-16H,1,7,18H2,2H3/b23-15+. The average molecular weight is 416 g/mol. The molecule has 0 heterocycles. The summed E-state index contributed by atoms with van der Waals surface area (Å²) >= 11 is 5.96. The molecular weight excluding hydrogens is 394 g/mol. The smallest absolute Gasteiger partial charge is 0.165 e. The molecule has 0 radical (unpaired) electrons. The van der Waals surface area contributed by atoms with Gasteiger partial charge in [0.1, 0.15) is 6.61 Å². The predicted octanol–water partition coefficient (Wildman–Crippen LogP) is 6.72. The molecule has 0 atom stereocenters. The van der Waals surface area contributed by atoms with E-state index >= 15 is 0 Å². The number of ether oxygens (including phenoxy) is 2. The minimum absolute atomic E-state index is 0.389. The van der Waals surface area contributed by atoms with E-state index < -0.39 is 0 Å². The second-order valence-corrected chi connectivity index (χ2v) is 7.09. The van der Waals surface area contributed by atoms with E-state index in [-0.39, 0.29) is 0 Å². The summed E-state index contributed by atoms with van der Waals surface area (Å²) in [6.45, 7) is 4.25. The predicted molar refractivity (Wildman–Crippen MR) is 123 cm³/mol. The summed E-state index contributed by atoms with van der Waals surface area (Å²) in [5, 5.41) is 10.3. The van der Waals surface area contributed by atoms with Crippen molar-refractivity contribution in [2.75, 3.05) is 7.11 Å². The Labute approximate surface area is 182 Å². The maximum absolute atomic E-state index is 9.62. The van der Waals surface area contributed by atoms with Crippen LogP contribution in [0.4, 0.5) is 0 Å².